The molecule has 0 unspecified atom stereocenters. The summed E-state index contributed by atoms with van der Waals surface area (Å²) in [6, 6.07) is 0. The first kappa shape index (κ1) is 32.1. The van der Waals surface area contributed by atoms with E-state index in [2.05, 4.69) is 28.5 Å². The van der Waals surface area contributed by atoms with Gasteiger partial charge in [-0.3, -0.25) is 12.5 Å². The molecule has 9 nitrogen and oxygen atoms in total. The zero-order valence-corrected chi connectivity index (χ0v) is 22.6. The highest BCUT2D eigenvalue weighted by molar-refractivity contribution is 9.10. The molecule has 4 rings (SSSR count). The molecule has 0 spiro atoms. The molecule has 0 saturated heterocycles. The second-order valence-electron chi connectivity index (χ2n) is 10.2. The lowest BCUT2D eigenvalue weighted by Crippen LogP contribution is -2.65. The van der Waals surface area contributed by atoms with E-state index in [1.165, 1.54) is 0 Å². The third kappa shape index (κ3) is 6.09. The fraction of sp³-hybridized carbons (Fsp3) is 1.00. The van der Waals surface area contributed by atoms with Crippen molar-refractivity contribution in [1.29, 1.82) is 0 Å². The summed E-state index contributed by atoms with van der Waals surface area (Å²) < 4.78 is 196. The number of hydrogen-bond donors (Lipinski definition) is 0. The molecule has 4 saturated carbocycles. The summed E-state index contributed by atoms with van der Waals surface area (Å²) in [5.41, 5.74) is -22.6. The van der Waals surface area contributed by atoms with Gasteiger partial charge in [-0.2, -0.15) is 64.8 Å². The molecule has 0 aromatic rings. The van der Waals surface area contributed by atoms with E-state index in [-0.39, 0.29) is 19.3 Å². The minimum atomic E-state index is -6.18. The molecule has 0 amide bonds. The van der Waals surface area contributed by atoms with Crippen LogP contribution in [0.15, 0.2) is 0 Å². The van der Waals surface area contributed by atoms with Crippen LogP contribution in [0.2, 0.25) is 0 Å². The Morgan fingerprint density at radius 3 is 0.895 bits per heavy atom. The van der Waals surface area contributed by atoms with Gasteiger partial charge in [0.1, 0.15) is 0 Å². The second kappa shape index (κ2) is 9.04. The van der Waals surface area contributed by atoms with E-state index < -0.39 is 107 Å². The Morgan fingerprint density at radius 1 is 0.500 bits per heavy atom. The van der Waals surface area contributed by atoms with Crippen molar-refractivity contribution >= 4 is 46.3 Å². The first-order valence-corrected chi connectivity index (χ1v) is 15.2. The van der Waals surface area contributed by atoms with Crippen molar-refractivity contribution in [2.45, 2.75) is 59.4 Å². The van der Waals surface area contributed by atoms with Crippen LogP contribution in [0.1, 0.15) is 38.5 Å². The average Bonchev–Trinajstić information content (AvgIpc) is 2.66. The number of halogens is 10. The van der Waals surface area contributed by atoms with E-state index in [0.29, 0.717) is 0 Å². The largest absolute Gasteiger partial charge is 0.523 e. The predicted molar refractivity (Wildman–Crippen MR) is 109 cm³/mol. The molecule has 38 heavy (non-hydrogen) atoms. The third-order valence-electron chi connectivity index (χ3n) is 6.74. The lowest BCUT2D eigenvalue weighted by Gasteiger charge is -2.68. The van der Waals surface area contributed by atoms with Crippen molar-refractivity contribution in [3.8, 4) is 0 Å². The third-order valence-corrected chi connectivity index (χ3v) is 10.6. The normalized spacial score (nSPS) is 34.6. The molecule has 22 heteroatoms. The maximum Gasteiger partial charge on any atom is 0.523 e. The van der Waals surface area contributed by atoms with Gasteiger partial charge in [-0.05, 0) is 54.8 Å². The highest BCUT2D eigenvalue weighted by Crippen LogP contribution is 2.73. The molecule has 0 heterocycles. The number of rotatable bonds is 9. The summed E-state index contributed by atoms with van der Waals surface area (Å²) in [6.07, 6.45) is -1.88. The van der Waals surface area contributed by atoms with Gasteiger partial charge in [-0.1, -0.05) is 15.9 Å². The van der Waals surface area contributed by atoms with E-state index in [4.69, 9.17) is 0 Å². The van der Waals surface area contributed by atoms with Gasteiger partial charge in [0.05, 0.1) is 19.8 Å². The van der Waals surface area contributed by atoms with Crippen LogP contribution in [0, 0.1) is 16.2 Å². The summed E-state index contributed by atoms with van der Waals surface area (Å²) in [5.74, 6) is 0. The summed E-state index contributed by atoms with van der Waals surface area (Å²) >= 11 is 3.26. The van der Waals surface area contributed by atoms with Gasteiger partial charge >= 0.3 is 46.9 Å². The van der Waals surface area contributed by atoms with E-state index >= 15 is 0 Å². The van der Waals surface area contributed by atoms with Crippen molar-refractivity contribution in [3.63, 3.8) is 0 Å². The van der Waals surface area contributed by atoms with Crippen molar-refractivity contribution in [2.24, 2.45) is 16.2 Å². The Hall–Kier alpha value is -0.420. The van der Waals surface area contributed by atoms with Gasteiger partial charge < -0.3 is 0 Å². The van der Waals surface area contributed by atoms with Crippen LogP contribution in [-0.2, 0) is 42.9 Å². The molecule has 0 atom stereocenters. The summed E-state index contributed by atoms with van der Waals surface area (Å²) in [4.78, 5) is 0. The molecule has 0 radical (unpaired) electrons. The van der Waals surface area contributed by atoms with Gasteiger partial charge in [0.25, 0.3) is 0 Å². The topological polar surface area (TPSA) is 130 Å². The monoisotopic (exact) mass is 700 g/mol. The van der Waals surface area contributed by atoms with E-state index in [0.717, 1.165) is 0 Å². The molecule has 4 bridgehead atoms. The molecular weight excluding hydrogens is 683 g/mol. The van der Waals surface area contributed by atoms with Gasteiger partial charge in [-0.15, -0.1) is 0 Å². The van der Waals surface area contributed by atoms with E-state index in [9.17, 15) is 64.8 Å². The van der Waals surface area contributed by atoms with Gasteiger partial charge in [0.15, 0.2) is 0 Å². The first-order valence-electron chi connectivity index (χ1n) is 10.2. The predicted octanol–water partition coefficient (Wildman–Crippen LogP) is 4.06. The second-order valence-corrected chi connectivity index (χ2v) is 16.7. The Bertz CT molecular complexity index is 1110. The fourth-order valence-electron chi connectivity index (χ4n) is 6.42. The minimum Gasteiger partial charge on any atom is -0.263 e. The van der Waals surface area contributed by atoms with Crippen LogP contribution < -0.4 is 0 Å². The van der Waals surface area contributed by atoms with Crippen molar-refractivity contribution in [2.75, 3.05) is 19.8 Å². The summed E-state index contributed by atoms with van der Waals surface area (Å²) in [7, 11) is -18.5. The Balaban J connectivity index is 2.01. The SMILES string of the molecule is O=S(=O)(OCC12CC3(Br)CC(COS(=O)(=O)C(F)(F)F)(C1)CC(COS(=O)(=O)C(F)(F)F)(C3)C2)C(F)(F)F. The highest BCUT2D eigenvalue weighted by atomic mass is 79.9. The Kier molecular flexibility index (Phi) is 7.63. The van der Waals surface area contributed by atoms with Crippen LogP contribution in [0.5, 0.6) is 0 Å². The Labute approximate surface area is 218 Å². The smallest absolute Gasteiger partial charge is 0.263 e. The van der Waals surface area contributed by atoms with E-state index in [1.807, 2.05) is 0 Å². The molecule has 4 fully saturated rings. The van der Waals surface area contributed by atoms with Crippen LogP contribution in [0.25, 0.3) is 0 Å². The zero-order chi connectivity index (χ0) is 29.5. The molecule has 4 aliphatic rings. The van der Waals surface area contributed by atoms with Crippen LogP contribution in [0.3, 0.4) is 0 Å². The zero-order valence-electron chi connectivity index (χ0n) is 18.5. The molecule has 0 aromatic carbocycles. The quantitative estimate of drug-likeness (QED) is 0.151. The minimum absolute atomic E-state index is 0.186. The van der Waals surface area contributed by atoms with E-state index in [1.54, 1.807) is 0 Å². The summed E-state index contributed by atoms with van der Waals surface area (Å²) in [6.45, 7) is -3.70. The summed E-state index contributed by atoms with van der Waals surface area (Å²) in [5, 5.41) is 0. The van der Waals surface area contributed by atoms with Crippen molar-refractivity contribution in [3.05, 3.63) is 0 Å². The Morgan fingerprint density at radius 2 is 0.711 bits per heavy atom. The van der Waals surface area contributed by atoms with Crippen molar-refractivity contribution < 1.29 is 77.3 Å². The molecule has 224 valence electrons. The van der Waals surface area contributed by atoms with Gasteiger partial charge in [0, 0.05) is 4.32 Å². The molecule has 0 N–H and O–H groups in total. The first-order chi connectivity index (χ1) is 16.6. The maximum atomic E-state index is 12.8. The van der Waals surface area contributed by atoms with Crippen LogP contribution in [-0.4, -0.2) is 65.9 Å². The van der Waals surface area contributed by atoms with Crippen LogP contribution in [0.4, 0.5) is 39.5 Å². The molecular formula is C16H18BrF9O9S3. The molecule has 0 aromatic heterocycles. The number of alkyl halides is 10. The molecule has 4 aliphatic carbocycles. The lowest BCUT2D eigenvalue weighted by atomic mass is 9.40. The van der Waals surface area contributed by atoms with Crippen LogP contribution >= 0.6 is 15.9 Å². The lowest BCUT2D eigenvalue weighted by molar-refractivity contribution is -0.179. The van der Waals surface area contributed by atoms with Crippen molar-refractivity contribution in [1.82, 2.24) is 0 Å². The number of hydrogen-bond acceptors (Lipinski definition) is 9. The molecule has 0 aliphatic heterocycles. The standard InChI is InChI=1S/C16H18BrF9O9S3/c17-13-4-10(7-33-36(27,28)14(18,19)20)1-11(5-13,8-34-37(29,30)15(21,22)23)3-12(2-10,6-13)9-35-38(31,32)16(24,25)26/h1-9H2. The maximum absolute atomic E-state index is 12.8. The van der Waals surface area contributed by atoms with Gasteiger partial charge in [-0.25, -0.2) is 0 Å². The average molecular weight is 701 g/mol. The van der Waals surface area contributed by atoms with Gasteiger partial charge in [0.2, 0.25) is 0 Å². The fourth-order valence-corrected chi connectivity index (χ4v) is 9.82. The highest BCUT2D eigenvalue weighted by Gasteiger charge is 2.69.